The van der Waals surface area contributed by atoms with Gasteiger partial charge in [0.15, 0.2) is 0 Å². The second-order valence-electron chi connectivity index (χ2n) is 11.3. The lowest BCUT2D eigenvalue weighted by atomic mass is 9.46. The van der Waals surface area contributed by atoms with Gasteiger partial charge in [0.25, 0.3) is 0 Å². The minimum atomic E-state index is 0.284. The number of pyridine rings is 1. The van der Waals surface area contributed by atoms with Crippen LogP contribution in [-0.4, -0.2) is 28.4 Å². The average molecular weight is 421 g/mol. The first kappa shape index (κ1) is 21.2. The Hall–Kier alpha value is -1.64. The number of rotatable bonds is 3. The number of amides is 1. The fourth-order valence-electron chi connectivity index (χ4n) is 8.43. The van der Waals surface area contributed by atoms with Crippen LogP contribution in [0.15, 0.2) is 24.5 Å². The highest BCUT2D eigenvalue weighted by molar-refractivity contribution is 5.76. The molecule has 0 spiro atoms. The predicted molar refractivity (Wildman–Crippen MR) is 126 cm³/mol. The van der Waals surface area contributed by atoms with E-state index in [-0.39, 0.29) is 5.41 Å². The minimum absolute atomic E-state index is 0.284. The van der Waals surface area contributed by atoms with E-state index in [1.165, 1.54) is 56.1 Å². The van der Waals surface area contributed by atoms with Crippen LogP contribution in [0.4, 0.5) is 0 Å². The second kappa shape index (κ2) is 7.74. The summed E-state index contributed by atoms with van der Waals surface area (Å²) in [4.78, 5) is 19.6. The van der Waals surface area contributed by atoms with Crippen LogP contribution in [-0.2, 0) is 11.2 Å². The number of nitrogens with zero attached hydrogens (tertiary/aromatic N) is 2. The van der Waals surface area contributed by atoms with Crippen LogP contribution in [0.3, 0.4) is 0 Å². The molecule has 168 valence electrons. The SMILES string of the molecule is CCC(=O)N1CCC[C@@]2(C)C1CC[C@@H]1[C@@H]2CC[C@]2(C)C(c3cncc(CC)c3)=CC[C@@H]12. The number of carbonyl (C=O) groups is 1. The molecule has 1 amide bonds. The molecule has 31 heavy (non-hydrogen) atoms. The van der Waals surface area contributed by atoms with Crippen molar-refractivity contribution >= 4 is 11.5 Å². The lowest BCUT2D eigenvalue weighted by Crippen LogP contribution is -2.61. The lowest BCUT2D eigenvalue weighted by molar-refractivity contribution is -0.153. The average Bonchev–Trinajstić information content (AvgIpc) is 3.15. The summed E-state index contributed by atoms with van der Waals surface area (Å²) < 4.78 is 0. The van der Waals surface area contributed by atoms with E-state index in [4.69, 9.17) is 0 Å². The zero-order valence-corrected chi connectivity index (χ0v) is 20.0. The van der Waals surface area contributed by atoms with Crippen LogP contribution >= 0.6 is 0 Å². The first-order valence-electron chi connectivity index (χ1n) is 12.9. The molecule has 0 aromatic carbocycles. The first-order valence-corrected chi connectivity index (χ1v) is 12.9. The van der Waals surface area contributed by atoms with E-state index in [1.807, 2.05) is 13.1 Å². The van der Waals surface area contributed by atoms with Crippen LogP contribution in [0.1, 0.15) is 90.2 Å². The zero-order valence-electron chi connectivity index (χ0n) is 20.0. The number of carbonyl (C=O) groups excluding carboxylic acids is 1. The molecule has 1 aromatic heterocycles. The molecule has 1 unspecified atom stereocenters. The van der Waals surface area contributed by atoms with Gasteiger partial charge >= 0.3 is 0 Å². The summed E-state index contributed by atoms with van der Waals surface area (Å²) in [5.74, 6) is 2.70. The second-order valence-corrected chi connectivity index (χ2v) is 11.3. The fourth-order valence-corrected chi connectivity index (χ4v) is 8.43. The summed E-state index contributed by atoms with van der Waals surface area (Å²) in [6.07, 6.45) is 17.2. The Bertz CT molecular complexity index is 891. The van der Waals surface area contributed by atoms with Crippen LogP contribution in [0.2, 0.25) is 0 Å². The van der Waals surface area contributed by atoms with Crippen LogP contribution < -0.4 is 0 Å². The van der Waals surface area contributed by atoms with Gasteiger partial charge in [0.1, 0.15) is 0 Å². The van der Waals surface area contributed by atoms with Crippen LogP contribution in [0, 0.1) is 28.6 Å². The summed E-state index contributed by atoms with van der Waals surface area (Å²) in [6.45, 7) is 10.3. The molecule has 1 saturated heterocycles. The molecule has 6 atom stereocenters. The van der Waals surface area contributed by atoms with E-state index in [0.29, 0.717) is 23.8 Å². The van der Waals surface area contributed by atoms with Gasteiger partial charge in [-0.2, -0.15) is 0 Å². The molecule has 0 N–H and O–H groups in total. The van der Waals surface area contributed by atoms with E-state index in [2.05, 4.69) is 49.0 Å². The standard InChI is InChI=1S/C28H40N2O/c1-5-19-16-20(18-29-17-19)22-9-10-23-21-8-11-25-28(4,24(21)12-14-27(22,23)3)13-7-15-30(25)26(31)6-2/h9,16-18,21,23-25H,5-8,10-15H2,1-4H3/t21-,23-,24-,25?,27+,28+/m0/s1. The van der Waals surface area contributed by atoms with E-state index in [9.17, 15) is 4.79 Å². The monoisotopic (exact) mass is 420 g/mol. The summed E-state index contributed by atoms with van der Waals surface area (Å²) in [5, 5.41) is 0. The molecule has 4 aliphatic rings. The van der Waals surface area contributed by atoms with Crippen molar-refractivity contribution in [2.75, 3.05) is 6.54 Å². The summed E-state index contributed by atoms with van der Waals surface area (Å²) in [6, 6.07) is 2.85. The van der Waals surface area contributed by atoms with Gasteiger partial charge in [0.2, 0.25) is 5.91 Å². The molecule has 5 rings (SSSR count). The summed E-state index contributed by atoms with van der Waals surface area (Å²) >= 11 is 0. The quantitative estimate of drug-likeness (QED) is 0.576. The highest BCUT2D eigenvalue weighted by atomic mass is 16.2. The molecule has 2 heterocycles. The number of piperidine rings is 1. The molecular weight excluding hydrogens is 380 g/mol. The van der Waals surface area contributed by atoms with Crippen molar-refractivity contribution in [2.24, 2.45) is 28.6 Å². The van der Waals surface area contributed by atoms with Crippen molar-refractivity contribution in [3.8, 4) is 0 Å². The number of allylic oxidation sites excluding steroid dienone is 2. The Morgan fingerprint density at radius 3 is 2.74 bits per heavy atom. The maximum Gasteiger partial charge on any atom is 0.222 e. The van der Waals surface area contributed by atoms with E-state index >= 15 is 0 Å². The van der Waals surface area contributed by atoms with Crippen molar-refractivity contribution < 1.29 is 4.79 Å². The number of aromatic nitrogens is 1. The Labute approximate surface area is 188 Å². The van der Waals surface area contributed by atoms with Crippen molar-refractivity contribution in [3.63, 3.8) is 0 Å². The van der Waals surface area contributed by atoms with Crippen molar-refractivity contribution in [3.05, 3.63) is 35.7 Å². The van der Waals surface area contributed by atoms with Crippen LogP contribution in [0.5, 0.6) is 0 Å². The molecule has 3 heteroatoms. The third-order valence-corrected chi connectivity index (χ3v) is 10.0. The number of hydrogen-bond donors (Lipinski definition) is 0. The highest BCUT2D eigenvalue weighted by Gasteiger charge is 2.59. The first-order chi connectivity index (χ1) is 14.9. The number of fused-ring (bicyclic) bond motifs is 5. The largest absolute Gasteiger partial charge is 0.339 e. The molecule has 2 saturated carbocycles. The number of hydrogen-bond acceptors (Lipinski definition) is 2. The maximum atomic E-state index is 12.7. The van der Waals surface area contributed by atoms with Crippen molar-refractivity contribution in [2.45, 2.75) is 91.5 Å². The van der Waals surface area contributed by atoms with Gasteiger partial charge in [-0.15, -0.1) is 0 Å². The molecule has 1 aliphatic heterocycles. The summed E-state index contributed by atoms with van der Waals surface area (Å²) in [5.41, 5.74) is 4.86. The third-order valence-electron chi connectivity index (χ3n) is 10.0. The van der Waals surface area contributed by atoms with Gasteiger partial charge in [-0.3, -0.25) is 9.78 Å². The predicted octanol–water partition coefficient (Wildman–Crippen LogP) is 6.28. The van der Waals surface area contributed by atoms with E-state index < -0.39 is 0 Å². The lowest BCUT2D eigenvalue weighted by Gasteiger charge is -2.62. The number of aryl methyl sites for hydroxylation is 1. The van der Waals surface area contributed by atoms with E-state index in [1.54, 1.807) is 5.57 Å². The van der Waals surface area contributed by atoms with E-state index in [0.717, 1.165) is 30.7 Å². The third kappa shape index (κ3) is 3.13. The van der Waals surface area contributed by atoms with Gasteiger partial charge < -0.3 is 4.90 Å². The van der Waals surface area contributed by atoms with Gasteiger partial charge in [-0.1, -0.05) is 33.8 Å². The molecule has 3 aliphatic carbocycles. The Balaban J connectivity index is 1.43. The summed E-state index contributed by atoms with van der Waals surface area (Å²) in [7, 11) is 0. The van der Waals surface area contributed by atoms with Crippen molar-refractivity contribution in [1.29, 1.82) is 0 Å². The highest BCUT2D eigenvalue weighted by Crippen LogP contribution is 2.66. The Kier molecular flexibility index (Phi) is 5.30. The molecule has 1 aromatic rings. The molecule has 3 nitrogen and oxygen atoms in total. The number of likely N-dealkylation sites (tertiary alicyclic amines) is 1. The maximum absolute atomic E-state index is 12.7. The van der Waals surface area contributed by atoms with Crippen molar-refractivity contribution in [1.82, 2.24) is 9.88 Å². The van der Waals surface area contributed by atoms with Gasteiger partial charge in [0.05, 0.1) is 0 Å². The zero-order chi connectivity index (χ0) is 21.8. The Morgan fingerprint density at radius 2 is 1.97 bits per heavy atom. The smallest absolute Gasteiger partial charge is 0.222 e. The van der Waals surface area contributed by atoms with Crippen LogP contribution in [0.25, 0.3) is 5.57 Å². The topological polar surface area (TPSA) is 33.2 Å². The van der Waals surface area contributed by atoms with Gasteiger partial charge in [-0.25, -0.2) is 0 Å². The molecule has 3 fully saturated rings. The van der Waals surface area contributed by atoms with Gasteiger partial charge in [0, 0.05) is 31.4 Å². The fraction of sp³-hybridized carbons (Fsp3) is 0.714. The normalized spacial score (nSPS) is 39.4. The Morgan fingerprint density at radius 1 is 1.13 bits per heavy atom. The minimum Gasteiger partial charge on any atom is -0.339 e. The molecule has 0 radical (unpaired) electrons. The molecule has 0 bridgehead atoms. The molecular formula is C28H40N2O. The van der Waals surface area contributed by atoms with Gasteiger partial charge in [-0.05, 0) is 103 Å².